The molecule has 45 heavy (non-hydrogen) atoms. The number of nitrogens with one attached hydrogen (secondary N) is 2. The number of unbranched alkanes of at least 4 members (excludes halogenated alkanes) is 2. The fourth-order valence-corrected chi connectivity index (χ4v) is 6.49. The van der Waals surface area contributed by atoms with Gasteiger partial charge in [-0.25, -0.2) is 8.78 Å². The Morgan fingerprint density at radius 2 is 1.76 bits per heavy atom. The van der Waals surface area contributed by atoms with Gasteiger partial charge in [-0.1, -0.05) is 66.0 Å². The normalized spacial score (nSPS) is 23.2. The van der Waals surface area contributed by atoms with Crippen molar-refractivity contribution in [2.75, 3.05) is 6.54 Å². The van der Waals surface area contributed by atoms with E-state index in [2.05, 4.69) is 37.8 Å². The summed E-state index contributed by atoms with van der Waals surface area (Å²) < 4.78 is 28.6. The maximum Gasteiger partial charge on any atom is 0.270 e. The second-order valence-corrected chi connectivity index (χ2v) is 12.0. The number of carbonyl (C=O) groups excluding carboxylic acids is 2. The lowest BCUT2D eigenvalue weighted by Crippen LogP contribution is -2.51. The van der Waals surface area contributed by atoms with Crippen molar-refractivity contribution in [3.8, 4) is 0 Å². The molecule has 3 aliphatic rings. The summed E-state index contributed by atoms with van der Waals surface area (Å²) in [6, 6.07) is 6.91. The number of allylic oxidation sites excluding steroid dienone is 4. The van der Waals surface area contributed by atoms with Crippen LogP contribution in [0.5, 0.6) is 0 Å². The predicted molar refractivity (Wildman–Crippen MR) is 178 cm³/mol. The first-order chi connectivity index (χ1) is 21.5. The number of rotatable bonds is 11. The number of halogens is 2. The van der Waals surface area contributed by atoms with Gasteiger partial charge < -0.3 is 16.0 Å². The molecule has 0 saturated heterocycles. The van der Waals surface area contributed by atoms with Gasteiger partial charge in [0, 0.05) is 24.0 Å². The lowest BCUT2D eigenvalue weighted by atomic mass is 9.76. The van der Waals surface area contributed by atoms with Crippen molar-refractivity contribution >= 4 is 23.4 Å². The quantitative estimate of drug-likeness (QED) is 0.0630. The predicted octanol–water partition coefficient (Wildman–Crippen LogP) is 6.37. The van der Waals surface area contributed by atoms with E-state index in [1.165, 1.54) is 6.08 Å². The molecule has 2 atom stereocenters. The number of carbonyl (C=O) groups is 2. The number of hydrogen-bond acceptors (Lipinski definition) is 6. The van der Waals surface area contributed by atoms with Gasteiger partial charge in [-0.15, -0.1) is 0 Å². The Bertz CT molecular complexity index is 1240. The highest BCUT2D eigenvalue weighted by atomic mass is 19.1. The highest BCUT2D eigenvalue weighted by Crippen LogP contribution is 2.48. The van der Waals surface area contributed by atoms with E-state index < -0.39 is 23.2 Å². The van der Waals surface area contributed by atoms with Crippen LogP contribution in [0.3, 0.4) is 0 Å². The monoisotopic (exact) mass is 629 g/mol. The van der Waals surface area contributed by atoms with Crippen LogP contribution in [0.2, 0.25) is 0 Å². The smallest absolute Gasteiger partial charge is 0.270 e. The Hall–Kier alpha value is -3.44. The Balaban J connectivity index is 0.00000169. The van der Waals surface area contributed by atoms with Crippen LogP contribution in [-0.4, -0.2) is 40.5 Å². The average molecular weight is 630 g/mol. The van der Waals surface area contributed by atoms with E-state index in [-0.39, 0.29) is 42.4 Å². The minimum absolute atomic E-state index is 0.0332. The molecule has 1 heterocycles. The molecule has 1 aromatic rings. The summed E-state index contributed by atoms with van der Waals surface area (Å²) >= 11 is 0. The molecule has 4 rings (SSSR count). The number of nitrogens with two attached hydrogens (primary N) is 3. The third-order valence-corrected chi connectivity index (χ3v) is 8.80. The maximum absolute atomic E-state index is 14.3. The second-order valence-electron chi connectivity index (χ2n) is 12.0. The molecule has 0 bridgehead atoms. The van der Waals surface area contributed by atoms with Crippen LogP contribution < -0.4 is 22.7 Å². The van der Waals surface area contributed by atoms with Crippen LogP contribution >= 0.6 is 0 Å². The standard InChI is InChI=1S/C32H43F2N5O2.C2H6.H4N2/c1-4-5-6-7-27(22-8-10-23(11-9-22)30(40)37-19-28(35)36)39-31(41)29(24-16-25(33)18-26(34)17-24)38-32(39)14-12-21(13-15-32)20(2)3;2*1-2/h8-11,16,18,20-21,24,27H,4-7,12-15,17,19H2,1-3H3,(H3,35,36)(H,37,40);1-2H3;1-2H2. The zero-order valence-electron chi connectivity index (χ0n) is 27.5. The summed E-state index contributed by atoms with van der Waals surface area (Å²) in [5.41, 5.74) is 6.19. The molecular weight excluding hydrogens is 576 g/mol. The molecule has 250 valence electrons. The molecule has 0 aromatic heterocycles. The molecule has 9 nitrogen and oxygen atoms in total. The van der Waals surface area contributed by atoms with Gasteiger partial charge in [0.05, 0.1) is 12.6 Å². The zero-order valence-corrected chi connectivity index (χ0v) is 27.5. The minimum atomic E-state index is -0.756. The fraction of sp³-hybridized carbons (Fsp3) is 0.588. The minimum Gasteiger partial charge on any atom is -0.386 e. The molecule has 1 spiro atoms. The molecule has 11 heteroatoms. The second kappa shape index (κ2) is 17.9. The van der Waals surface area contributed by atoms with Crippen molar-refractivity contribution in [3.05, 3.63) is 59.2 Å². The molecule has 2 amide bonds. The van der Waals surface area contributed by atoms with Crippen molar-refractivity contribution in [2.45, 2.75) is 104 Å². The highest BCUT2D eigenvalue weighted by Gasteiger charge is 2.53. The number of aliphatic imine (C=N–C) groups is 1. The summed E-state index contributed by atoms with van der Waals surface area (Å²) in [6.07, 6.45) is 9.05. The van der Waals surface area contributed by atoms with Gasteiger partial charge in [0.25, 0.3) is 11.8 Å². The molecule has 1 aromatic carbocycles. The molecule has 2 aliphatic carbocycles. The summed E-state index contributed by atoms with van der Waals surface area (Å²) in [6.45, 7) is 10.5. The van der Waals surface area contributed by atoms with Crippen molar-refractivity contribution in [1.82, 2.24) is 10.2 Å². The average Bonchev–Trinajstić information content (AvgIpc) is 3.30. The van der Waals surface area contributed by atoms with E-state index in [0.29, 0.717) is 30.2 Å². The summed E-state index contributed by atoms with van der Waals surface area (Å²) in [7, 11) is 0. The molecule has 1 saturated carbocycles. The maximum atomic E-state index is 14.3. The van der Waals surface area contributed by atoms with Crippen LogP contribution in [0.4, 0.5) is 8.78 Å². The van der Waals surface area contributed by atoms with E-state index in [0.717, 1.165) is 50.2 Å². The lowest BCUT2D eigenvalue weighted by molar-refractivity contribution is -0.133. The Morgan fingerprint density at radius 3 is 2.29 bits per heavy atom. The van der Waals surface area contributed by atoms with Gasteiger partial charge >= 0.3 is 0 Å². The molecule has 1 aliphatic heterocycles. The number of amides is 2. The highest BCUT2D eigenvalue weighted by molar-refractivity contribution is 6.41. The molecule has 0 radical (unpaired) electrons. The summed E-state index contributed by atoms with van der Waals surface area (Å²) in [4.78, 5) is 33.8. The Kier molecular flexibility index (Phi) is 15.0. The topological polar surface area (TPSA) is 164 Å². The van der Waals surface area contributed by atoms with Crippen LogP contribution in [-0.2, 0) is 4.79 Å². The zero-order chi connectivity index (χ0) is 33.7. The largest absolute Gasteiger partial charge is 0.386 e. The van der Waals surface area contributed by atoms with Crippen molar-refractivity contribution < 1.29 is 18.4 Å². The first kappa shape index (κ1) is 37.7. The van der Waals surface area contributed by atoms with Crippen molar-refractivity contribution in [2.24, 2.45) is 40.2 Å². The molecular formula is C34H53F2N7O2. The van der Waals surface area contributed by atoms with Crippen molar-refractivity contribution in [1.29, 1.82) is 5.41 Å². The number of benzene rings is 1. The van der Waals surface area contributed by atoms with E-state index in [1.54, 1.807) is 12.1 Å². The van der Waals surface area contributed by atoms with Gasteiger partial charge in [-0.3, -0.25) is 31.7 Å². The lowest BCUT2D eigenvalue weighted by Gasteiger charge is -2.46. The van der Waals surface area contributed by atoms with Crippen LogP contribution in [0.15, 0.2) is 53.1 Å². The number of hydrogen-bond donors (Lipinski definition) is 5. The number of nitrogens with zero attached hydrogens (tertiary/aromatic N) is 2. The van der Waals surface area contributed by atoms with Gasteiger partial charge in [0.15, 0.2) is 0 Å². The van der Waals surface area contributed by atoms with E-state index >= 15 is 0 Å². The van der Waals surface area contributed by atoms with E-state index in [9.17, 15) is 18.4 Å². The van der Waals surface area contributed by atoms with Gasteiger partial charge in [-0.2, -0.15) is 0 Å². The van der Waals surface area contributed by atoms with Gasteiger partial charge in [0.1, 0.15) is 28.9 Å². The number of hydrazine groups is 1. The molecule has 1 fully saturated rings. The van der Waals surface area contributed by atoms with E-state index in [4.69, 9.17) is 16.1 Å². The molecule has 8 N–H and O–H groups in total. The van der Waals surface area contributed by atoms with Crippen molar-refractivity contribution in [3.63, 3.8) is 0 Å². The first-order valence-corrected chi connectivity index (χ1v) is 16.3. The van der Waals surface area contributed by atoms with Crippen LogP contribution in [0.1, 0.15) is 114 Å². The summed E-state index contributed by atoms with van der Waals surface area (Å²) in [5, 5.41) is 9.96. The van der Waals surface area contributed by atoms with Gasteiger partial charge in [-0.05, 0) is 67.7 Å². The summed E-state index contributed by atoms with van der Waals surface area (Å²) in [5.74, 6) is 6.36. The Labute approximate surface area is 267 Å². The third kappa shape index (κ3) is 9.53. The Morgan fingerprint density at radius 1 is 1.13 bits per heavy atom. The number of amidine groups is 1. The van der Waals surface area contributed by atoms with E-state index in [1.807, 2.05) is 30.9 Å². The van der Waals surface area contributed by atoms with Gasteiger partial charge in [0.2, 0.25) is 0 Å². The fourth-order valence-electron chi connectivity index (χ4n) is 6.49. The first-order valence-electron chi connectivity index (χ1n) is 16.3. The van der Waals surface area contributed by atoms with Crippen LogP contribution in [0.25, 0.3) is 0 Å². The van der Waals surface area contributed by atoms with Crippen LogP contribution in [0, 0.1) is 23.2 Å². The molecule has 2 unspecified atom stereocenters. The SMILES string of the molecule is CC.CCCCCC(c1ccc(C(=O)NCC(=N)N)cc1)N1C(=O)C(C2C=C(F)C=C(F)C2)=NC12CCC(C(C)C)CC2.NN. The third-order valence-electron chi connectivity index (χ3n) is 8.80.